The molecular weight excluding hydrogens is 462 g/mol. The normalized spacial score (nSPS) is 15.3. The standard InChI is InChI=1S/C24H23NO6S2/c1-4-11-31-20-12-15(5-10-19(20)30-3)18-13-22(26)25-23-21(14-32-24(18)23)33(27,28)17-8-6-16(29-2)7-9-17/h4-10,12,14,18H,1,11,13H2,2-3H3,(H,25,26). The minimum atomic E-state index is -3.84. The zero-order valence-corrected chi connectivity index (χ0v) is 19.8. The quantitative estimate of drug-likeness (QED) is 0.468. The van der Waals surface area contributed by atoms with Crippen LogP contribution in [0.5, 0.6) is 17.2 Å². The van der Waals surface area contributed by atoms with Crippen molar-refractivity contribution < 1.29 is 27.4 Å². The molecule has 0 fully saturated rings. The van der Waals surface area contributed by atoms with Crippen molar-refractivity contribution in [1.82, 2.24) is 0 Å². The lowest BCUT2D eigenvalue weighted by Crippen LogP contribution is -2.23. The molecule has 1 atom stereocenters. The van der Waals surface area contributed by atoms with E-state index >= 15 is 0 Å². The van der Waals surface area contributed by atoms with Gasteiger partial charge in [0.2, 0.25) is 15.7 Å². The zero-order valence-electron chi connectivity index (χ0n) is 18.2. The van der Waals surface area contributed by atoms with Gasteiger partial charge in [-0.05, 0) is 42.0 Å². The van der Waals surface area contributed by atoms with Crippen LogP contribution >= 0.6 is 11.3 Å². The van der Waals surface area contributed by atoms with Crippen LogP contribution in [0.4, 0.5) is 5.69 Å². The summed E-state index contributed by atoms with van der Waals surface area (Å²) in [7, 11) is -0.769. The average molecular weight is 486 g/mol. The van der Waals surface area contributed by atoms with Crippen molar-refractivity contribution in [3.63, 3.8) is 0 Å². The summed E-state index contributed by atoms with van der Waals surface area (Å²) in [5.74, 6) is 1.10. The first-order chi connectivity index (χ1) is 15.9. The molecule has 1 amide bonds. The molecule has 1 aliphatic rings. The fourth-order valence-electron chi connectivity index (χ4n) is 3.72. The van der Waals surface area contributed by atoms with Gasteiger partial charge >= 0.3 is 0 Å². The number of hydrogen-bond donors (Lipinski definition) is 1. The number of anilines is 1. The SMILES string of the molecule is C=CCOc1cc(C2CC(=O)Nc3c(S(=O)(=O)c4ccc(OC)cc4)csc32)ccc1OC. The molecule has 3 aromatic rings. The molecule has 0 saturated carbocycles. The Morgan fingerprint density at radius 1 is 1.12 bits per heavy atom. The van der Waals surface area contributed by atoms with Gasteiger partial charge in [-0.3, -0.25) is 4.79 Å². The summed E-state index contributed by atoms with van der Waals surface area (Å²) in [6.45, 7) is 3.97. The summed E-state index contributed by atoms with van der Waals surface area (Å²) < 4.78 is 42.9. The molecule has 33 heavy (non-hydrogen) atoms. The van der Waals surface area contributed by atoms with E-state index in [0.29, 0.717) is 29.5 Å². The van der Waals surface area contributed by atoms with Crippen LogP contribution in [0.15, 0.2) is 70.3 Å². The van der Waals surface area contributed by atoms with Crippen LogP contribution in [-0.4, -0.2) is 35.2 Å². The van der Waals surface area contributed by atoms with Gasteiger partial charge in [0.05, 0.1) is 24.8 Å². The Balaban J connectivity index is 1.76. The highest BCUT2D eigenvalue weighted by atomic mass is 32.2. The maximum Gasteiger partial charge on any atom is 0.225 e. The van der Waals surface area contributed by atoms with Gasteiger partial charge in [0.25, 0.3) is 0 Å². The van der Waals surface area contributed by atoms with Crippen molar-refractivity contribution in [2.45, 2.75) is 22.1 Å². The molecule has 1 aromatic heterocycles. The topological polar surface area (TPSA) is 90.9 Å². The van der Waals surface area contributed by atoms with Gasteiger partial charge in [0.1, 0.15) is 17.3 Å². The highest BCUT2D eigenvalue weighted by Gasteiger charge is 2.34. The van der Waals surface area contributed by atoms with Crippen molar-refractivity contribution in [1.29, 1.82) is 0 Å². The van der Waals surface area contributed by atoms with E-state index in [0.717, 1.165) is 10.4 Å². The van der Waals surface area contributed by atoms with E-state index in [1.165, 1.54) is 30.6 Å². The Morgan fingerprint density at radius 3 is 2.55 bits per heavy atom. The molecule has 0 saturated heterocycles. The van der Waals surface area contributed by atoms with E-state index in [1.54, 1.807) is 36.8 Å². The lowest BCUT2D eigenvalue weighted by Gasteiger charge is -2.24. The van der Waals surface area contributed by atoms with Gasteiger partial charge in [-0.15, -0.1) is 11.3 Å². The predicted molar refractivity (Wildman–Crippen MR) is 127 cm³/mol. The summed E-state index contributed by atoms with van der Waals surface area (Å²) in [5.41, 5.74) is 1.17. The van der Waals surface area contributed by atoms with Gasteiger partial charge in [-0.25, -0.2) is 8.42 Å². The van der Waals surface area contributed by atoms with E-state index in [4.69, 9.17) is 14.2 Å². The Bertz CT molecular complexity index is 1290. The number of methoxy groups -OCH3 is 2. The smallest absolute Gasteiger partial charge is 0.225 e. The maximum atomic E-state index is 13.3. The molecule has 7 nitrogen and oxygen atoms in total. The number of rotatable bonds is 8. The number of thiophene rings is 1. The second kappa shape index (κ2) is 9.29. The van der Waals surface area contributed by atoms with Crippen LogP contribution in [0.1, 0.15) is 22.8 Å². The number of ether oxygens (including phenoxy) is 3. The van der Waals surface area contributed by atoms with Crippen molar-refractivity contribution in [3.8, 4) is 17.2 Å². The van der Waals surface area contributed by atoms with Crippen molar-refractivity contribution in [3.05, 3.63) is 70.9 Å². The third-order valence-corrected chi connectivity index (χ3v) is 8.40. The first-order valence-electron chi connectivity index (χ1n) is 10.1. The molecule has 2 aromatic carbocycles. The number of amides is 1. The number of sulfone groups is 1. The number of carbonyl (C=O) groups is 1. The fraction of sp³-hybridized carbons (Fsp3) is 0.208. The third-order valence-electron chi connectivity index (χ3n) is 5.36. The fourth-order valence-corrected chi connectivity index (χ4v) is 6.63. The van der Waals surface area contributed by atoms with Gasteiger partial charge < -0.3 is 19.5 Å². The summed E-state index contributed by atoms with van der Waals surface area (Å²) in [5, 5.41) is 4.36. The molecule has 0 radical (unpaired) electrons. The van der Waals surface area contributed by atoms with Crippen molar-refractivity contribution in [2.24, 2.45) is 0 Å². The van der Waals surface area contributed by atoms with Gasteiger partial charge in [0.15, 0.2) is 11.5 Å². The molecule has 1 unspecified atom stereocenters. The van der Waals surface area contributed by atoms with E-state index in [9.17, 15) is 13.2 Å². The van der Waals surface area contributed by atoms with Gasteiger partial charge in [-0.2, -0.15) is 0 Å². The Labute approximate surface area is 196 Å². The van der Waals surface area contributed by atoms with Gasteiger partial charge in [0, 0.05) is 22.6 Å². The monoisotopic (exact) mass is 485 g/mol. The number of benzene rings is 2. The van der Waals surface area contributed by atoms with Crippen LogP contribution in [0.3, 0.4) is 0 Å². The van der Waals surface area contributed by atoms with E-state index in [-0.39, 0.29) is 28.0 Å². The second-order valence-corrected chi connectivity index (χ2v) is 10.2. The highest BCUT2D eigenvalue weighted by molar-refractivity contribution is 7.91. The van der Waals surface area contributed by atoms with E-state index < -0.39 is 9.84 Å². The minimum absolute atomic E-state index is 0.0855. The molecule has 0 aliphatic carbocycles. The van der Waals surface area contributed by atoms with Crippen LogP contribution in [0.2, 0.25) is 0 Å². The largest absolute Gasteiger partial charge is 0.497 e. The van der Waals surface area contributed by atoms with Crippen LogP contribution < -0.4 is 19.5 Å². The molecule has 1 N–H and O–H groups in total. The Kier molecular flexibility index (Phi) is 6.44. The van der Waals surface area contributed by atoms with Crippen molar-refractivity contribution in [2.75, 3.05) is 26.1 Å². The highest BCUT2D eigenvalue weighted by Crippen LogP contribution is 2.47. The Morgan fingerprint density at radius 2 is 1.88 bits per heavy atom. The molecule has 4 rings (SSSR count). The molecule has 9 heteroatoms. The summed E-state index contributed by atoms with van der Waals surface area (Å²) >= 11 is 1.31. The summed E-state index contributed by atoms with van der Waals surface area (Å²) in [6.07, 6.45) is 1.83. The second-order valence-electron chi connectivity index (χ2n) is 7.33. The van der Waals surface area contributed by atoms with Crippen LogP contribution in [0.25, 0.3) is 0 Å². The zero-order chi connectivity index (χ0) is 23.6. The van der Waals surface area contributed by atoms with Crippen LogP contribution in [-0.2, 0) is 14.6 Å². The number of nitrogens with one attached hydrogen (secondary N) is 1. The molecular formula is C24H23NO6S2. The molecule has 172 valence electrons. The molecule has 0 spiro atoms. The number of carbonyl (C=O) groups excluding carboxylic acids is 1. The van der Waals surface area contributed by atoms with E-state index in [1.807, 2.05) is 12.1 Å². The summed E-state index contributed by atoms with van der Waals surface area (Å²) in [4.78, 5) is 13.6. The molecule has 2 heterocycles. The summed E-state index contributed by atoms with van der Waals surface area (Å²) in [6, 6.07) is 11.6. The first kappa shape index (κ1) is 22.9. The van der Waals surface area contributed by atoms with Gasteiger partial charge in [-0.1, -0.05) is 18.7 Å². The molecule has 1 aliphatic heterocycles. The van der Waals surface area contributed by atoms with E-state index in [2.05, 4.69) is 11.9 Å². The minimum Gasteiger partial charge on any atom is -0.497 e. The number of fused-ring (bicyclic) bond motifs is 1. The average Bonchev–Trinajstić information content (AvgIpc) is 3.26. The molecule has 0 bridgehead atoms. The third kappa shape index (κ3) is 4.34. The first-order valence-corrected chi connectivity index (χ1v) is 12.5. The van der Waals surface area contributed by atoms with Crippen molar-refractivity contribution >= 4 is 32.8 Å². The predicted octanol–water partition coefficient (Wildman–Crippen LogP) is 4.64. The lowest BCUT2D eigenvalue weighted by molar-refractivity contribution is -0.116. The number of hydrogen-bond acceptors (Lipinski definition) is 7. The maximum absolute atomic E-state index is 13.3. The Hall–Kier alpha value is -3.30. The lowest BCUT2D eigenvalue weighted by atomic mass is 9.90. The van der Waals surface area contributed by atoms with Crippen LogP contribution in [0, 0.1) is 0 Å².